The number of hydrogen-bond donors (Lipinski definition) is 1. The molecule has 2 aromatic carbocycles. The van der Waals surface area contributed by atoms with Crippen LogP contribution < -0.4 is 5.43 Å². The van der Waals surface area contributed by atoms with Crippen LogP contribution in [0.15, 0.2) is 84.2 Å². The van der Waals surface area contributed by atoms with Crippen LogP contribution in [-0.4, -0.2) is 17.1 Å². The first kappa shape index (κ1) is 16.6. The van der Waals surface area contributed by atoms with Crippen LogP contribution in [0.3, 0.4) is 0 Å². The monoisotopic (exact) mass is 329 g/mol. The van der Waals surface area contributed by atoms with Crippen LogP contribution in [0, 0.1) is 0 Å². The Kier molecular flexibility index (Phi) is 5.67. The van der Waals surface area contributed by atoms with Gasteiger partial charge in [-0.25, -0.2) is 5.43 Å². The lowest BCUT2D eigenvalue weighted by Gasteiger charge is -2.08. The standard InChI is InChI=1S/C21H19N3O/c25-21(24-23-16-18-9-6-14-22-15-18)20-11-5-4-10-19(20)13-12-17-7-2-1-3-8-17/h1-11,14-16H,12-13H2,(H,24,25). The predicted molar refractivity (Wildman–Crippen MR) is 99.6 cm³/mol. The molecule has 0 unspecified atom stereocenters. The van der Waals surface area contributed by atoms with E-state index in [1.165, 1.54) is 5.56 Å². The molecule has 1 aromatic heterocycles. The Morgan fingerprint density at radius 1 is 0.960 bits per heavy atom. The number of nitrogens with one attached hydrogen (secondary N) is 1. The van der Waals surface area contributed by atoms with Crippen LogP contribution in [-0.2, 0) is 12.8 Å². The summed E-state index contributed by atoms with van der Waals surface area (Å²) in [6.45, 7) is 0. The minimum atomic E-state index is -0.205. The smallest absolute Gasteiger partial charge is 0.267 e. The van der Waals surface area contributed by atoms with Crippen molar-refractivity contribution in [2.45, 2.75) is 12.8 Å². The zero-order valence-corrected chi connectivity index (χ0v) is 13.8. The summed E-state index contributed by atoms with van der Waals surface area (Å²) < 4.78 is 0. The van der Waals surface area contributed by atoms with Crippen molar-refractivity contribution in [3.05, 3.63) is 101 Å². The quantitative estimate of drug-likeness (QED) is 0.554. The molecule has 124 valence electrons. The van der Waals surface area contributed by atoms with Gasteiger partial charge in [0.1, 0.15) is 0 Å². The Hall–Kier alpha value is -3.27. The van der Waals surface area contributed by atoms with E-state index in [1.807, 2.05) is 54.6 Å². The minimum Gasteiger partial charge on any atom is -0.267 e. The van der Waals surface area contributed by atoms with Crippen molar-refractivity contribution in [1.82, 2.24) is 10.4 Å². The molecule has 25 heavy (non-hydrogen) atoms. The maximum atomic E-state index is 12.4. The first-order chi connectivity index (χ1) is 12.3. The number of carbonyl (C=O) groups excluding carboxylic acids is 1. The number of hydrazone groups is 1. The molecule has 3 rings (SSSR count). The average molecular weight is 329 g/mol. The van der Waals surface area contributed by atoms with Crippen LogP contribution >= 0.6 is 0 Å². The summed E-state index contributed by atoms with van der Waals surface area (Å²) in [5.41, 5.74) is 6.35. The number of benzene rings is 2. The summed E-state index contributed by atoms with van der Waals surface area (Å²) in [6.07, 6.45) is 6.66. The fourth-order valence-electron chi connectivity index (χ4n) is 2.56. The molecule has 0 atom stereocenters. The molecular weight excluding hydrogens is 310 g/mol. The summed E-state index contributed by atoms with van der Waals surface area (Å²) in [7, 11) is 0. The molecule has 0 aliphatic heterocycles. The number of carbonyl (C=O) groups is 1. The van der Waals surface area contributed by atoms with E-state index in [2.05, 4.69) is 27.6 Å². The number of hydrogen-bond acceptors (Lipinski definition) is 3. The molecule has 0 saturated carbocycles. The van der Waals surface area contributed by atoms with Crippen molar-refractivity contribution >= 4 is 12.1 Å². The van der Waals surface area contributed by atoms with Crippen molar-refractivity contribution in [1.29, 1.82) is 0 Å². The van der Waals surface area contributed by atoms with Gasteiger partial charge in [0, 0.05) is 23.5 Å². The van der Waals surface area contributed by atoms with E-state index >= 15 is 0 Å². The van der Waals surface area contributed by atoms with Gasteiger partial charge in [0.15, 0.2) is 0 Å². The minimum absolute atomic E-state index is 0.205. The predicted octanol–water partition coefficient (Wildman–Crippen LogP) is 3.63. The highest BCUT2D eigenvalue weighted by atomic mass is 16.2. The van der Waals surface area contributed by atoms with Gasteiger partial charge in [0.2, 0.25) is 0 Å². The van der Waals surface area contributed by atoms with Gasteiger partial charge in [-0.15, -0.1) is 0 Å². The topological polar surface area (TPSA) is 54.4 Å². The van der Waals surface area contributed by atoms with Gasteiger partial charge in [0.05, 0.1) is 6.21 Å². The Morgan fingerprint density at radius 2 is 1.76 bits per heavy atom. The SMILES string of the molecule is O=C(NN=Cc1cccnc1)c1ccccc1CCc1ccccc1. The van der Waals surface area contributed by atoms with E-state index in [-0.39, 0.29) is 5.91 Å². The van der Waals surface area contributed by atoms with Gasteiger partial charge in [-0.1, -0.05) is 54.6 Å². The number of aryl methyl sites for hydroxylation is 2. The molecule has 0 aliphatic carbocycles. The molecule has 0 aliphatic rings. The fourth-order valence-corrected chi connectivity index (χ4v) is 2.56. The summed E-state index contributed by atoms with van der Waals surface area (Å²) in [4.78, 5) is 16.4. The highest BCUT2D eigenvalue weighted by molar-refractivity contribution is 5.96. The fraction of sp³-hybridized carbons (Fsp3) is 0.0952. The summed E-state index contributed by atoms with van der Waals surface area (Å²) >= 11 is 0. The van der Waals surface area contributed by atoms with Gasteiger partial charge >= 0.3 is 0 Å². The molecule has 0 fully saturated rings. The van der Waals surface area contributed by atoms with Crippen LogP contribution in [0.1, 0.15) is 27.0 Å². The molecular formula is C21H19N3O. The van der Waals surface area contributed by atoms with E-state index in [0.29, 0.717) is 5.56 Å². The van der Waals surface area contributed by atoms with Gasteiger partial charge in [-0.05, 0) is 36.1 Å². The molecule has 0 radical (unpaired) electrons. The summed E-state index contributed by atoms with van der Waals surface area (Å²) in [5.74, 6) is -0.205. The van der Waals surface area contributed by atoms with Crippen molar-refractivity contribution < 1.29 is 4.79 Å². The highest BCUT2D eigenvalue weighted by Crippen LogP contribution is 2.13. The van der Waals surface area contributed by atoms with Gasteiger partial charge in [0.25, 0.3) is 5.91 Å². The molecule has 1 amide bonds. The van der Waals surface area contributed by atoms with Crippen molar-refractivity contribution in [2.75, 3.05) is 0 Å². The molecule has 4 heteroatoms. The third-order valence-electron chi connectivity index (χ3n) is 3.85. The molecule has 1 N–H and O–H groups in total. The Labute approximate surface area is 147 Å². The van der Waals surface area contributed by atoms with Crippen LogP contribution in [0.25, 0.3) is 0 Å². The lowest BCUT2D eigenvalue weighted by atomic mass is 9.99. The second kappa shape index (κ2) is 8.55. The van der Waals surface area contributed by atoms with Gasteiger partial charge < -0.3 is 0 Å². The summed E-state index contributed by atoms with van der Waals surface area (Å²) in [5, 5.41) is 4.01. The number of nitrogens with zero attached hydrogens (tertiary/aromatic N) is 2. The first-order valence-electron chi connectivity index (χ1n) is 8.18. The second-order valence-electron chi connectivity index (χ2n) is 5.63. The van der Waals surface area contributed by atoms with Gasteiger partial charge in [-0.2, -0.15) is 5.10 Å². The highest BCUT2D eigenvalue weighted by Gasteiger charge is 2.10. The lowest BCUT2D eigenvalue weighted by Crippen LogP contribution is -2.19. The zero-order chi connectivity index (χ0) is 17.3. The normalized spacial score (nSPS) is 10.7. The Balaban J connectivity index is 1.65. The van der Waals surface area contributed by atoms with Crippen molar-refractivity contribution in [3.8, 4) is 0 Å². The van der Waals surface area contributed by atoms with Gasteiger partial charge in [-0.3, -0.25) is 9.78 Å². The zero-order valence-electron chi connectivity index (χ0n) is 13.8. The molecule has 0 bridgehead atoms. The third kappa shape index (κ3) is 4.85. The van der Waals surface area contributed by atoms with E-state index in [4.69, 9.17) is 0 Å². The Bertz CT molecular complexity index is 845. The molecule has 1 heterocycles. The average Bonchev–Trinajstić information content (AvgIpc) is 2.68. The third-order valence-corrected chi connectivity index (χ3v) is 3.85. The number of rotatable bonds is 6. The molecule has 0 saturated heterocycles. The lowest BCUT2D eigenvalue weighted by molar-refractivity contribution is 0.0954. The molecule has 3 aromatic rings. The first-order valence-corrected chi connectivity index (χ1v) is 8.18. The van der Waals surface area contributed by atoms with Crippen LogP contribution in [0.2, 0.25) is 0 Å². The maximum Gasteiger partial charge on any atom is 0.271 e. The number of amides is 1. The van der Waals surface area contributed by atoms with E-state index < -0.39 is 0 Å². The molecule has 4 nitrogen and oxygen atoms in total. The molecule has 0 spiro atoms. The maximum absolute atomic E-state index is 12.4. The Morgan fingerprint density at radius 3 is 2.56 bits per heavy atom. The summed E-state index contributed by atoms with van der Waals surface area (Å²) in [6, 6.07) is 21.6. The van der Waals surface area contributed by atoms with E-state index in [9.17, 15) is 4.79 Å². The number of pyridine rings is 1. The van der Waals surface area contributed by atoms with E-state index in [1.54, 1.807) is 18.6 Å². The van der Waals surface area contributed by atoms with Crippen LogP contribution in [0.5, 0.6) is 0 Å². The van der Waals surface area contributed by atoms with Crippen LogP contribution in [0.4, 0.5) is 0 Å². The second-order valence-corrected chi connectivity index (χ2v) is 5.63. The van der Waals surface area contributed by atoms with Crippen molar-refractivity contribution in [3.63, 3.8) is 0 Å². The van der Waals surface area contributed by atoms with E-state index in [0.717, 1.165) is 24.0 Å². The largest absolute Gasteiger partial charge is 0.271 e. The van der Waals surface area contributed by atoms with Crippen molar-refractivity contribution in [2.24, 2.45) is 5.10 Å². The number of aromatic nitrogens is 1.